The largest absolute Gasteiger partial charge is 0.490 e. The molecule has 0 aliphatic heterocycles. The number of ether oxygens (including phenoxy) is 1. The fourth-order valence-electron chi connectivity index (χ4n) is 2.40. The molecule has 3 aromatic rings. The van der Waals surface area contributed by atoms with Crippen molar-refractivity contribution in [2.45, 2.75) is 19.3 Å². The standard InChI is InChI=1S/C17H17F2N5O2S.C2HF3O2/c1-26-15-5-2-11(7-21-15)14-4-3-13(27-14)9-23-10-22-24(17(23)25)8-12(6-20)16(18)19;3-2(4,5)1(6)7/h2-5,7,10H,6,8-9,20H2,1H3;(H,6,7). The Hall–Kier alpha value is -3.59. The summed E-state index contributed by atoms with van der Waals surface area (Å²) in [4.78, 5) is 27.3. The maximum Gasteiger partial charge on any atom is 0.490 e. The first-order valence-corrected chi connectivity index (χ1v) is 10.0. The van der Waals surface area contributed by atoms with Crippen molar-refractivity contribution in [3.8, 4) is 16.3 Å². The average Bonchev–Trinajstić information content (AvgIpc) is 3.39. The number of pyridine rings is 1. The van der Waals surface area contributed by atoms with Gasteiger partial charge in [-0.2, -0.15) is 27.1 Å². The molecule has 3 rings (SSSR count). The van der Waals surface area contributed by atoms with Crippen LogP contribution in [0.15, 0.2) is 53.2 Å². The summed E-state index contributed by atoms with van der Waals surface area (Å²) < 4.78 is 64.6. The van der Waals surface area contributed by atoms with Gasteiger partial charge in [-0.25, -0.2) is 19.3 Å². The minimum absolute atomic E-state index is 0.298. The summed E-state index contributed by atoms with van der Waals surface area (Å²) in [6, 6.07) is 7.51. The van der Waals surface area contributed by atoms with E-state index in [0.717, 1.165) is 20.0 Å². The normalized spacial score (nSPS) is 10.9. The quantitative estimate of drug-likeness (QED) is 0.471. The summed E-state index contributed by atoms with van der Waals surface area (Å²) in [7, 11) is 1.55. The monoisotopic (exact) mass is 507 g/mol. The summed E-state index contributed by atoms with van der Waals surface area (Å²) in [6.07, 6.45) is -3.92. The molecule has 15 heteroatoms. The van der Waals surface area contributed by atoms with E-state index in [2.05, 4.69) is 10.1 Å². The highest BCUT2D eigenvalue weighted by Gasteiger charge is 2.38. The molecule has 0 bridgehead atoms. The number of rotatable bonds is 7. The number of carboxylic acid groups (broad SMARTS) is 1. The van der Waals surface area contributed by atoms with Crippen molar-refractivity contribution in [2.75, 3.05) is 13.7 Å². The number of aliphatic carboxylic acids is 1. The molecule has 0 atom stereocenters. The van der Waals surface area contributed by atoms with Crippen molar-refractivity contribution in [3.63, 3.8) is 0 Å². The van der Waals surface area contributed by atoms with Gasteiger partial charge >= 0.3 is 17.8 Å². The smallest absolute Gasteiger partial charge is 0.481 e. The van der Waals surface area contributed by atoms with E-state index in [1.54, 1.807) is 19.4 Å². The van der Waals surface area contributed by atoms with E-state index in [-0.39, 0.29) is 18.7 Å². The first-order valence-electron chi connectivity index (χ1n) is 9.20. The molecule has 9 nitrogen and oxygen atoms in total. The second-order valence-electron chi connectivity index (χ2n) is 6.43. The van der Waals surface area contributed by atoms with Gasteiger partial charge in [-0.05, 0) is 18.2 Å². The zero-order valence-corrected chi connectivity index (χ0v) is 18.2. The van der Waals surface area contributed by atoms with E-state index in [4.69, 9.17) is 20.4 Å². The van der Waals surface area contributed by atoms with Gasteiger partial charge < -0.3 is 15.6 Å². The van der Waals surface area contributed by atoms with Crippen LogP contribution in [-0.4, -0.2) is 50.2 Å². The van der Waals surface area contributed by atoms with Gasteiger partial charge in [0.15, 0.2) is 0 Å². The lowest BCUT2D eigenvalue weighted by atomic mass is 10.2. The molecule has 184 valence electrons. The second-order valence-corrected chi connectivity index (χ2v) is 7.59. The number of halogens is 5. The number of carbonyl (C=O) groups is 1. The van der Waals surface area contributed by atoms with Crippen LogP contribution in [0.1, 0.15) is 4.88 Å². The molecule has 3 heterocycles. The molecule has 0 saturated carbocycles. The maximum atomic E-state index is 12.7. The number of carboxylic acids is 1. The predicted molar refractivity (Wildman–Crippen MR) is 112 cm³/mol. The predicted octanol–water partition coefficient (Wildman–Crippen LogP) is 2.97. The van der Waals surface area contributed by atoms with Crippen LogP contribution in [0.4, 0.5) is 22.0 Å². The van der Waals surface area contributed by atoms with Crippen LogP contribution in [-0.2, 0) is 17.9 Å². The molecule has 0 aromatic carbocycles. The summed E-state index contributed by atoms with van der Waals surface area (Å²) >= 11 is 1.51. The SMILES string of the molecule is COc1ccc(-c2ccc(Cn3cnn(CC(CN)=C(F)F)c3=O)s2)cn1.O=C(O)C(F)(F)F. The zero-order chi connectivity index (χ0) is 25.5. The molecule has 34 heavy (non-hydrogen) atoms. The Morgan fingerprint density at radius 3 is 2.41 bits per heavy atom. The summed E-state index contributed by atoms with van der Waals surface area (Å²) in [6.45, 7) is -0.351. The molecule has 3 aromatic heterocycles. The summed E-state index contributed by atoms with van der Waals surface area (Å²) in [5, 5.41) is 11.0. The number of nitrogens with zero attached hydrogens (tertiary/aromatic N) is 4. The highest BCUT2D eigenvalue weighted by atomic mass is 32.1. The van der Waals surface area contributed by atoms with Crippen LogP contribution < -0.4 is 16.2 Å². The molecule has 0 saturated heterocycles. The van der Waals surface area contributed by atoms with Gasteiger partial charge in [-0.15, -0.1) is 11.3 Å². The number of nitrogens with two attached hydrogens (primary N) is 1. The van der Waals surface area contributed by atoms with Gasteiger partial charge in [0, 0.05) is 39.7 Å². The minimum atomic E-state index is -5.08. The lowest BCUT2D eigenvalue weighted by Gasteiger charge is -2.02. The molecule has 0 fully saturated rings. The molecular formula is C19H18F5N5O4S. The van der Waals surface area contributed by atoms with Crippen molar-refractivity contribution >= 4 is 17.3 Å². The Kier molecular flexibility index (Phi) is 9.03. The van der Waals surface area contributed by atoms with Gasteiger partial charge in [0.1, 0.15) is 6.33 Å². The highest BCUT2D eigenvalue weighted by molar-refractivity contribution is 7.15. The average molecular weight is 507 g/mol. The Morgan fingerprint density at radius 2 is 1.91 bits per heavy atom. The number of alkyl halides is 3. The molecule has 0 amide bonds. The van der Waals surface area contributed by atoms with E-state index >= 15 is 0 Å². The number of aromatic nitrogens is 4. The third-order valence-electron chi connectivity index (χ3n) is 4.11. The molecule has 0 aliphatic carbocycles. The van der Waals surface area contributed by atoms with E-state index in [1.165, 1.54) is 22.2 Å². The van der Waals surface area contributed by atoms with Gasteiger partial charge in [0.05, 0.1) is 20.2 Å². The van der Waals surface area contributed by atoms with Crippen LogP contribution in [0.25, 0.3) is 10.4 Å². The van der Waals surface area contributed by atoms with Crippen molar-refractivity contribution < 1.29 is 36.6 Å². The topological polar surface area (TPSA) is 125 Å². The van der Waals surface area contributed by atoms with Crippen molar-refractivity contribution in [1.82, 2.24) is 19.3 Å². The number of hydrogen-bond acceptors (Lipinski definition) is 7. The lowest BCUT2D eigenvalue weighted by molar-refractivity contribution is -0.192. The molecule has 0 unspecified atom stereocenters. The molecular weight excluding hydrogens is 489 g/mol. The first-order chi connectivity index (χ1) is 16.0. The Morgan fingerprint density at radius 1 is 1.24 bits per heavy atom. The first kappa shape index (κ1) is 26.7. The Balaban J connectivity index is 0.000000509. The maximum absolute atomic E-state index is 12.7. The third kappa shape index (κ3) is 7.21. The van der Waals surface area contributed by atoms with Crippen LogP contribution in [0.2, 0.25) is 0 Å². The van der Waals surface area contributed by atoms with Crippen LogP contribution in [0.5, 0.6) is 5.88 Å². The van der Waals surface area contributed by atoms with Gasteiger partial charge in [0.25, 0.3) is 6.08 Å². The van der Waals surface area contributed by atoms with Crippen LogP contribution >= 0.6 is 11.3 Å². The molecule has 3 N–H and O–H groups in total. The van der Waals surface area contributed by atoms with Crippen molar-refractivity contribution in [2.24, 2.45) is 5.73 Å². The summed E-state index contributed by atoms with van der Waals surface area (Å²) in [5.41, 5.74) is 5.43. The highest BCUT2D eigenvalue weighted by Crippen LogP contribution is 2.28. The second kappa shape index (κ2) is 11.5. The van der Waals surface area contributed by atoms with Crippen LogP contribution in [0.3, 0.4) is 0 Å². The zero-order valence-electron chi connectivity index (χ0n) is 17.4. The van der Waals surface area contributed by atoms with Gasteiger partial charge in [0.2, 0.25) is 5.88 Å². The molecule has 0 radical (unpaired) electrons. The van der Waals surface area contributed by atoms with E-state index < -0.39 is 23.9 Å². The lowest BCUT2D eigenvalue weighted by Crippen LogP contribution is -2.27. The number of hydrogen-bond donors (Lipinski definition) is 2. The van der Waals surface area contributed by atoms with Crippen molar-refractivity contribution in [1.29, 1.82) is 0 Å². The Labute approximate surface area is 192 Å². The number of methoxy groups -OCH3 is 1. The fraction of sp³-hybridized carbons (Fsp3) is 0.263. The minimum Gasteiger partial charge on any atom is -0.481 e. The van der Waals surface area contributed by atoms with E-state index in [9.17, 15) is 26.7 Å². The van der Waals surface area contributed by atoms with Crippen LogP contribution in [0, 0.1) is 0 Å². The third-order valence-corrected chi connectivity index (χ3v) is 5.23. The van der Waals surface area contributed by atoms with Crippen molar-refractivity contribution in [3.05, 3.63) is 63.8 Å². The Bertz CT molecular complexity index is 1200. The molecule has 0 aliphatic rings. The molecule has 0 spiro atoms. The number of thiophene rings is 1. The van der Waals surface area contributed by atoms with E-state index in [0.29, 0.717) is 12.4 Å². The van der Waals surface area contributed by atoms with E-state index in [1.807, 2.05) is 18.2 Å². The van der Waals surface area contributed by atoms with Gasteiger partial charge in [-0.1, -0.05) is 0 Å². The summed E-state index contributed by atoms with van der Waals surface area (Å²) in [5.74, 6) is -2.22. The van der Waals surface area contributed by atoms with Gasteiger partial charge in [-0.3, -0.25) is 4.57 Å². The fourth-order valence-corrected chi connectivity index (χ4v) is 3.40.